The average molecular weight is 367 g/mol. The molecule has 0 bridgehead atoms. The largest absolute Gasteiger partial charge is 0.494 e. The number of carbonyl (C=O) groups excluding carboxylic acids is 1. The van der Waals surface area contributed by atoms with Crippen molar-refractivity contribution in [2.45, 2.75) is 13.8 Å². The lowest BCUT2D eigenvalue weighted by atomic mass is 9.99. The Balaban J connectivity index is 1.42. The van der Waals surface area contributed by atoms with Gasteiger partial charge in [0.15, 0.2) is 5.13 Å². The Morgan fingerprint density at radius 2 is 2.08 bits per heavy atom. The number of methoxy groups -OCH3 is 1. The van der Waals surface area contributed by atoms with Gasteiger partial charge in [-0.05, 0) is 37.6 Å². The molecule has 0 saturated carbocycles. The van der Waals surface area contributed by atoms with Crippen molar-refractivity contribution in [1.29, 1.82) is 0 Å². The third-order valence-electron chi connectivity index (χ3n) is 4.75. The molecular weight excluding hydrogens is 346 g/mol. The van der Waals surface area contributed by atoms with E-state index in [1.807, 2.05) is 37.3 Å². The minimum atomic E-state index is -0.00962. The van der Waals surface area contributed by atoms with Crippen molar-refractivity contribution in [2.24, 2.45) is 5.92 Å². The molecule has 4 rings (SSSR count). The topological polar surface area (TPSA) is 54.5 Å². The highest BCUT2D eigenvalue weighted by Crippen LogP contribution is 2.36. The number of hydrogen-bond acceptors (Lipinski definition) is 5. The van der Waals surface area contributed by atoms with Crippen LogP contribution in [0.3, 0.4) is 0 Å². The van der Waals surface area contributed by atoms with E-state index in [4.69, 9.17) is 9.72 Å². The van der Waals surface area contributed by atoms with Gasteiger partial charge in [0.25, 0.3) is 0 Å². The molecule has 1 N–H and O–H groups in total. The SMILES string of the molecule is COc1cccc2sc(N3CC(C(=O)Nc4ccc(C)cc4C)C3)nc12. The van der Waals surface area contributed by atoms with Gasteiger partial charge in [0, 0.05) is 18.8 Å². The number of fused-ring (bicyclic) bond motifs is 1. The second-order valence-corrected chi connectivity index (χ2v) is 7.72. The zero-order chi connectivity index (χ0) is 18.3. The first-order chi connectivity index (χ1) is 12.5. The molecule has 1 fully saturated rings. The molecule has 1 amide bonds. The number of aryl methyl sites for hydroxylation is 2. The Labute approximate surface area is 156 Å². The molecule has 1 aliphatic rings. The molecule has 1 saturated heterocycles. The number of para-hydroxylation sites is 1. The number of carbonyl (C=O) groups is 1. The van der Waals surface area contributed by atoms with Gasteiger partial charge in [-0.15, -0.1) is 0 Å². The maximum absolute atomic E-state index is 12.5. The quantitative estimate of drug-likeness (QED) is 0.757. The van der Waals surface area contributed by atoms with Crippen LogP contribution in [0, 0.1) is 19.8 Å². The highest BCUT2D eigenvalue weighted by Gasteiger charge is 2.34. The van der Waals surface area contributed by atoms with Crippen molar-refractivity contribution in [2.75, 3.05) is 30.4 Å². The van der Waals surface area contributed by atoms with Crippen molar-refractivity contribution < 1.29 is 9.53 Å². The highest BCUT2D eigenvalue weighted by molar-refractivity contribution is 7.22. The molecule has 0 atom stereocenters. The van der Waals surface area contributed by atoms with E-state index in [0.29, 0.717) is 13.1 Å². The fourth-order valence-electron chi connectivity index (χ4n) is 3.20. The van der Waals surface area contributed by atoms with E-state index in [9.17, 15) is 4.79 Å². The lowest BCUT2D eigenvalue weighted by Crippen LogP contribution is -2.52. The molecule has 0 unspecified atom stereocenters. The van der Waals surface area contributed by atoms with E-state index in [2.05, 4.69) is 23.2 Å². The number of ether oxygens (including phenoxy) is 1. The van der Waals surface area contributed by atoms with E-state index in [1.165, 1.54) is 5.56 Å². The van der Waals surface area contributed by atoms with Crippen LogP contribution in [-0.4, -0.2) is 31.1 Å². The molecule has 134 valence electrons. The van der Waals surface area contributed by atoms with Gasteiger partial charge in [0.2, 0.25) is 5.91 Å². The minimum Gasteiger partial charge on any atom is -0.494 e. The van der Waals surface area contributed by atoms with Crippen LogP contribution in [0.4, 0.5) is 10.8 Å². The number of anilines is 2. The predicted molar refractivity (Wildman–Crippen MR) is 106 cm³/mol. The van der Waals surface area contributed by atoms with Crippen LogP contribution in [0.2, 0.25) is 0 Å². The first kappa shape index (κ1) is 16.8. The Kier molecular flexibility index (Phi) is 4.28. The first-order valence-corrected chi connectivity index (χ1v) is 9.43. The molecular formula is C20H21N3O2S. The molecule has 2 heterocycles. The molecule has 0 aliphatic carbocycles. The van der Waals surface area contributed by atoms with Crippen LogP contribution in [-0.2, 0) is 4.79 Å². The molecule has 6 heteroatoms. The van der Waals surface area contributed by atoms with E-state index in [-0.39, 0.29) is 11.8 Å². The number of nitrogens with one attached hydrogen (secondary N) is 1. The molecule has 1 aliphatic heterocycles. The molecule has 1 aromatic heterocycles. The van der Waals surface area contributed by atoms with Crippen LogP contribution in [0.1, 0.15) is 11.1 Å². The van der Waals surface area contributed by atoms with E-state index in [1.54, 1.807) is 18.4 Å². The molecule has 2 aromatic carbocycles. The van der Waals surface area contributed by atoms with Crippen LogP contribution < -0.4 is 15.0 Å². The van der Waals surface area contributed by atoms with Crippen molar-refractivity contribution >= 4 is 38.3 Å². The van der Waals surface area contributed by atoms with Gasteiger partial charge < -0.3 is 15.0 Å². The van der Waals surface area contributed by atoms with Gasteiger partial charge in [0.1, 0.15) is 11.3 Å². The smallest absolute Gasteiger partial charge is 0.231 e. The number of rotatable bonds is 4. The maximum Gasteiger partial charge on any atom is 0.231 e. The third kappa shape index (κ3) is 3.01. The number of hydrogen-bond donors (Lipinski definition) is 1. The second kappa shape index (κ2) is 6.61. The van der Waals surface area contributed by atoms with Gasteiger partial charge in [-0.3, -0.25) is 4.79 Å². The highest BCUT2D eigenvalue weighted by atomic mass is 32.1. The fourth-order valence-corrected chi connectivity index (χ4v) is 4.20. The van der Waals surface area contributed by atoms with Gasteiger partial charge in [0.05, 0.1) is 17.7 Å². The summed E-state index contributed by atoms with van der Waals surface area (Å²) in [7, 11) is 1.66. The summed E-state index contributed by atoms with van der Waals surface area (Å²) >= 11 is 1.64. The second-order valence-electron chi connectivity index (χ2n) is 6.71. The summed E-state index contributed by atoms with van der Waals surface area (Å²) in [6.07, 6.45) is 0. The van der Waals surface area contributed by atoms with E-state index in [0.717, 1.165) is 32.3 Å². The number of nitrogens with zero attached hydrogens (tertiary/aromatic N) is 2. The van der Waals surface area contributed by atoms with Crippen molar-refractivity contribution in [3.8, 4) is 5.75 Å². The lowest BCUT2D eigenvalue weighted by Gasteiger charge is -2.38. The number of aromatic nitrogens is 1. The summed E-state index contributed by atoms with van der Waals surface area (Å²) in [6, 6.07) is 12.0. The third-order valence-corrected chi connectivity index (χ3v) is 5.83. The zero-order valence-electron chi connectivity index (χ0n) is 15.1. The summed E-state index contributed by atoms with van der Waals surface area (Å²) in [5, 5.41) is 4.00. The summed E-state index contributed by atoms with van der Waals surface area (Å²) in [6.45, 7) is 5.46. The minimum absolute atomic E-state index is 0.00962. The summed E-state index contributed by atoms with van der Waals surface area (Å²) in [4.78, 5) is 19.4. The van der Waals surface area contributed by atoms with Gasteiger partial charge >= 0.3 is 0 Å². The van der Waals surface area contributed by atoms with Crippen molar-refractivity contribution in [1.82, 2.24) is 4.98 Å². The summed E-state index contributed by atoms with van der Waals surface area (Å²) in [5.74, 6) is 0.853. The van der Waals surface area contributed by atoms with E-state index < -0.39 is 0 Å². The van der Waals surface area contributed by atoms with Crippen LogP contribution in [0.15, 0.2) is 36.4 Å². The molecule has 0 spiro atoms. The predicted octanol–water partition coefficient (Wildman–Crippen LogP) is 4.00. The Morgan fingerprint density at radius 3 is 2.81 bits per heavy atom. The normalized spacial score (nSPS) is 14.3. The standard InChI is InChI=1S/C20H21N3O2S/c1-12-7-8-15(13(2)9-12)21-19(24)14-10-23(11-14)20-22-18-16(25-3)5-4-6-17(18)26-20/h4-9,14H,10-11H2,1-3H3,(H,21,24). The van der Waals surface area contributed by atoms with Gasteiger partial charge in [-0.1, -0.05) is 35.1 Å². The zero-order valence-corrected chi connectivity index (χ0v) is 15.9. The summed E-state index contributed by atoms with van der Waals surface area (Å²) < 4.78 is 6.48. The average Bonchev–Trinajstić information content (AvgIpc) is 2.99. The Morgan fingerprint density at radius 1 is 1.27 bits per heavy atom. The number of thiazole rings is 1. The first-order valence-electron chi connectivity index (χ1n) is 8.62. The van der Waals surface area contributed by atoms with Crippen LogP contribution >= 0.6 is 11.3 Å². The molecule has 0 radical (unpaired) electrons. The van der Waals surface area contributed by atoms with Gasteiger partial charge in [-0.2, -0.15) is 0 Å². The monoisotopic (exact) mass is 367 g/mol. The number of amides is 1. The Hall–Kier alpha value is -2.60. The molecule has 5 nitrogen and oxygen atoms in total. The fraction of sp³-hybridized carbons (Fsp3) is 0.300. The van der Waals surface area contributed by atoms with Crippen molar-refractivity contribution in [3.05, 3.63) is 47.5 Å². The van der Waals surface area contributed by atoms with Crippen molar-refractivity contribution in [3.63, 3.8) is 0 Å². The van der Waals surface area contributed by atoms with E-state index >= 15 is 0 Å². The lowest BCUT2D eigenvalue weighted by molar-refractivity contribution is -0.120. The van der Waals surface area contributed by atoms with Gasteiger partial charge in [-0.25, -0.2) is 4.98 Å². The van der Waals surface area contributed by atoms with Crippen LogP contribution in [0.25, 0.3) is 10.2 Å². The summed E-state index contributed by atoms with van der Waals surface area (Å²) in [5.41, 5.74) is 4.07. The Bertz CT molecular complexity index is 976. The maximum atomic E-state index is 12.5. The molecule has 26 heavy (non-hydrogen) atoms. The van der Waals surface area contributed by atoms with Crippen LogP contribution in [0.5, 0.6) is 5.75 Å². The number of benzene rings is 2. The molecule has 3 aromatic rings.